The molecule has 10 heteroatoms. The Kier molecular flexibility index (Phi) is 10.1. The Balaban J connectivity index is 0.00000442. The third kappa shape index (κ3) is 5.26. The molecule has 8 nitrogen and oxygen atoms in total. The van der Waals surface area contributed by atoms with Gasteiger partial charge >= 0.3 is 0 Å². The number of piperidine rings is 1. The maximum absolute atomic E-state index is 14.8. The Bertz CT molecular complexity index is 1440. The first-order chi connectivity index (χ1) is 20.8. The van der Waals surface area contributed by atoms with Crippen LogP contribution in [0.25, 0.3) is 0 Å². The van der Waals surface area contributed by atoms with Crippen molar-refractivity contribution < 1.29 is 28.2 Å². The summed E-state index contributed by atoms with van der Waals surface area (Å²) in [6.07, 6.45) is 1.64. The Morgan fingerprint density at radius 3 is 2.14 bits per heavy atom. The summed E-state index contributed by atoms with van der Waals surface area (Å²) in [6.45, 7) is 3.79. The van der Waals surface area contributed by atoms with E-state index in [9.17, 15) is 14.0 Å². The van der Waals surface area contributed by atoms with Gasteiger partial charge in [0.25, 0.3) is 5.91 Å². The fourth-order valence-corrected chi connectivity index (χ4v) is 7.78. The molecule has 2 fully saturated rings. The van der Waals surface area contributed by atoms with Crippen molar-refractivity contribution in [3.63, 3.8) is 0 Å². The molecule has 4 unspecified atom stereocenters. The van der Waals surface area contributed by atoms with Gasteiger partial charge in [-0.25, -0.2) is 4.39 Å². The van der Waals surface area contributed by atoms with Crippen LogP contribution >= 0.6 is 12.4 Å². The fourth-order valence-electron chi connectivity index (χ4n) is 7.78. The van der Waals surface area contributed by atoms with E-state index < -0.39 is 22.8 Å². The summed E-state index contributed by atoms with van der Waals surface area (Å²) in [5.41, 5.74) is 6.35. The summed E-state index contributed by atoms with van der Waals surface area (Å²) in [5.74, 6) is -0.489. The van der Waals surface area contributed by atoms with Crippen molar-refractivity contribution >= 4 is 24.2 Å². The number of carbonyl (C=O) groups is 2. The van der Waals surface area contributed by atoms with E-state index in [4.69, 9.17) is 19.9 Å². The lowest BCUT2D eigenvalue weighted by Crippen LogP contribution is -2.70. The van der Waals surface area contributed by atoms with E-state index in [1.807, 2.05) is 35.2 Å². The number of likely N-dealkylation sites (tertiary alicyclic amines) is 1. The molecule has 2 saturated heterocycles. The zero-order valence-electron chi connectivity index (χ0n) is 25.6. The first-order valence-electron chi connectivity index (χ1n) is 14.7. The van der Waals surface area contributed by atoms with Crippen LogP contribution in [-0.2, 0) is 10.2 Å². The number of ether oxygens (including phenoxy) is 3. The van der Waals surface area contributed by atoms with E-state index in [1.54, 1.807) is 24.3 Å². The molecule has 0 spiro atoms. The number of methoxy groups -OCH3 is 3. The van der Waals surface area contributed by atoms with Crippen LogP contribution in [-0.4, -0.2) is 63.2 Å². The topological polar surface area (TPSA) is 103 Å². The van der Waals surface area contributed by atoms with Gasteiger partial charge < -0.3 is 30.2 Å². The number of nitrogens with two attached hydrogens (primary N) is 1. The summed E-state index contributed by atoms with van der Waals surface area (Å²) in [5, 5.41) is 3.49. The Hall–Kier alpha value is -3.82. The molecule has 0 aliphatic carbocycles. The average molecular weight is 626 g/mol. The number of nitrogens with one attached hydrogen (secondary N) is 1. The highest BCUT2D eigenvalue weighted by Crippen LogP contribution is 2.58. The average Bonchev–Trinajstić information content (AvgIpc) is 3.59. The second kappa shape index (κ2) is 13.4. The highest BCUT2D eigenvalue weighted by Gasteiger charge is 2.64. The number of primary amides is 1. The van der Waals surface area contributed by atoms with Crippen LogP contribution in [0.4, 0.5) is 4.39 Å². The summed E-state index contributed by atoms with van der Waals surface area (Å²) in [7, 11) is 4.54. The number of nitrogens with zero attached hydrogens (tertiary/aromatic N) is 1. The molecular formula is C34H41ClFN3O5. The maximum atomic E-state index is 14.8. The molecule has 4 atom stereocenters. The van der Waals surface area contributed by atoms with Crippen LogP contribution in [0.15, 0.2) is 66.7 Å². The molecule has 0 aromatic heterocycles. The largest absolute Gasteiger partial charge is 0.493 e. The van der Waals surface area contributed by atoms with Crippen LogP contribution in [0, 0.1) is 11.7 Å². The zero-order valence-corrected chi connectivity index (χ0v) is 26.4. The van der Waals surface area contributed by atoms with Gasteiger partial charge in [0, 0.05) is 24.6 Å². The molecule has 2 heterocycles. The van der Waals surface area contributed by atoms with Gasteiger partial charge in [-0.2, -0.15) is 0 Å². The van der Waals surface area contributed by atoms with Crippen molar-refractivity contribution in [3.05, 3.63) is 89.2 Å². The van der Waals surface area contributed by atoms with E-state index in [2.05, 4.69) is 12.2 Å². The summed E-state index contributed by atoms with van der Waals surface area (Å²) < 4.78 is 31.0. The van der Waals surface area contributed by atoms with E-state index >= 15 is 0 Å². The molecule has 3 N–H and O–H groups in total. The Morgan fingerprint density at radius 2 is 1.64 bits per heavy atom. The first kappa shape index (κ1) is 33.1. The van der Waals surface area contributed by atoms with E-state index in [1.165, 1.54) is 33.5 Å². The normalized spacial score (nSPS) is 24.7. The fraction of sp³-hybridized carbons (Fsp3) is 0.412. The van der Waals surface area contributed by atoms with Crippen molar-refractivity contribution in [1.82, 2.24) is 10.2 Å². The van der Waals surface area contributed by atoms with Crippen molar-refractivity contribution in [3.8, 4) is 17.2 Å². The minimum Gasteiger partial charge on any atom is -0.493 e. The lowest BCUT2D eigenvalue weighted by Gasteiger charge is -2.61. The van der Waals surface area contributed by atoms with Crippen molar-refractivity contribution in [2.24, 2.45) is 11.7 Å². The molecule has 2 aliphatic rings. The minimum absolute atomic E-state index is 0. The van der Waals surface area contributed by atoms with E-state index in [0.717, 1.165) is 24.1 Å². The summed E-state index contributed by atoms with van der Waals surface area (Å²) in [6, 6.07) is 19.2. The highest BCUT2D eigenvalue weighted by atomic mass is 35.5. The first-order valence-corrected chi connectivity index (χ1v) is 14.7. The molecule has 3 aromatic carbocycles. The number of halogens is 2. The van der Waals surface area contributed by atoms with Gasteiger partial charge in [0.15, 0.2) is 11.5 Å². The third-order valence-electron chi connectivity index (χ3n) is 9.65. The van der Waals surface area contributed by atoms with E-state index in [-0.39, 0.29) is 36.6 Å². The molecule has 3 aromatic rings. The molecular weight excluding hydrogens is 585 g/mol. The Labute approximate surface area is 264 Å². The number of amides is 2. The number of hydrogen-bond donors (Lipinski definition) is 2. The quantitative estimate of drug-likeness (QED) is 0.344. The third-order valence-corrected chi connectivity index (χ3v) is 9.65. The van der Waals surface area contributed by atoms with Gasteiger partial charge in [0.1, 0.15) is 5.82 Å². The molecule has 0 saturated carbocycles. The van der Waals surface area contributed by atoms with Crippen LogP contribution in [0.1, 0.15) is 53.6 Å². The number of hydrogen-bond acceptors (Lipinski definition) is 6. The number of rotatable bonds is 9. The van der Waals surface area contributed by atoms with Gasteiger partial charge in [-0.1, -0.05) is 49.4 Å². The maximum Gasteiger partial charge on any atom is 0.254 e. The van der Waals surface area contributed by atoms with Crippen molar-refractivity contribution in [1.29, 1.82) is 0 Å². The number of benzene rings is 3. The lowest BCUT2D eigenvalue weighted by molar-refractivity contribution is -0.131. The molecule has 0 bridgehead atoms. The van der Waals surface area contributed by atoms with E-state index in [0.29, 0.717) is 42.2 Å². The van der Waals surface area contributed by atoms with Gasteiger partial charge in [-0.3, -0.25) is 9.59 Å². The molecule has 236 valence electrons. The molecule has 0 radical (unpaired) electrons. The molecule has 2 aliphatic heterocycles. The standard InChI is InChI=1S/C34H40FN3O5.ClH/c1-5-34(25-15-17-37-21-25)30(22-11-13-26(35)14-12-22)33(32(36)40,24-9-7-6-8-10-24)16-18-38(34)31(39)23-19-27(41-2)29(43-4)28(20-23)42-3;/h6-14,19-20,25,30,37H,5,15-18,21H2,1-4H3,(H2,36,40);1H. The smallest absolute Gasteiger partial charge is 0.254 e. The summed E-state index contributed by atoms with van der Waals surface area (Å²) in [4.78, 5) is 30.6. The van der Waals surface area contributed by atoms with Crippen LogP contribution in [0.5, 0.6) is 17.2 Å². The zero-order chi connectivity index (χ0) is 30.8. The lowest BCUT2D eigenvalue weighted by atomic mass is 9.51. The van der Waals surface area contributed by atoms with Gasteiger partial charge in [0.2, 0.25) is 11.7 Å². The van der Waals surface area contributed by atoms with Crippen LogP contribution < -0.4 is 25.3 Å². The van der Waals surface area contributed by atoms with Crippen LogP contribution in [0.3, 0.4) is 0 Å². The minimum atomic E-state index is -1.15. The van der Waals surface area contributed by atoms with Gasteiger partial charge in [-0.05, 0) is 67.1 Å². The highest BCUT2D eigenvalue weighted by molar-refractivity contribution is 5.97. The van der Waals surface area contributed by atoms with Crippen molar-refractivity contribution in [2.75, 3.05) is 41.0 Å². The number of carbonyl (C=O) groups excluding carboxylic acids is 2. The second-order valence-electron chi connectivity index (χ2n) is 11.3. The van der Waals surface area contributed by atoms with Gasteiger partial charge in [0.05, 0.1) is 32.3 Å². The van der Waals surface area contributed by atoms with Crippen molar-refractivity contribution in [2.45, 2.75) is 43.1 Å². The second-order valence-corrected chi connectivity index (χ2v) is 11.3. The van der Waals surface area contributed by atoms with Gasteiger partial charge in [-0.15, -0.1) is 12.4 Å². The molecule has 5 rings (SSSR count). The van der Waals surface area contributed by atoms with Crippen LogP contribution in [0.2, 0.25) is 0 Å². The summed E-state index contributed by atoms with van der Waals surface area (Å²) >= 11 is 0. The predicted molar refractivity (Wildman–Crippen MR) is 169 cm³/mol. The molecule has 44 heavy (non-hydrogen) atoms. The SMILES string of the molecule is CCC1(C2CCNC2)C(c2ccc(F)cc2)C(C(N)=O)(c2ccccc2)CCN1C(=O)c1cc(OC)c(OC)c(OC)c1.Cl. The Morgan fingerprint density at radius 1 is 1.00 bits per heavy atom. The monoisotopic (exact) mass is 625 g/mol. The predicted octanol–water partition coefficient (Wildman–Crippen LogP) is 5.08. The molecule has 2 amide bonds.